The number of hydrogen-bond donors (Lipinski definition) is 0. The van der Waals surface area contributed by atoms with Crippen molar-refractivity contribution in [2.45, 2.75) is 6.18 Å². The number of hydrogen-bond acceptors (Lipinski definition) is 5. The highest BCUT2D eigenvalue weighted by molar-refractivity contribution is 6.33. The highest BCUT2D eigenvalue weighted by Gasteiger charge is 2.33. The fourth-order valence-corrected chi connectivity index (χ4v) is 2.43. The Labute approximate surface area is 151 Å². The van der Waals surface area contributed by atoms with E-state index in [9.17, 15) is 22.8 Å². The van der Waals surface area contributed by atoms with E-state index in [0.29, 0.717) is 0 Å². The van der Waals surface area contributed by atoms with Gasteiger partial charge in [0.2, 0.25) is 0 Å². The molecule has 0 spiro atoms. The van der Waals surface area contributed by atoms with Crippen molar-refractivity contribution in [3.8, 4) is 0 Å². The molecular weight excluding hydrogens is 375 g/mol. The molecule has 2 rings (SSSR count). The summed E-state index contributed by atoms with van der Waals surface area (Å²) >= 11 is 6.05. The molecule has 0 atom stereocenters. The van der Waals surface area contributed by atoms with Crippen LogP contribution in [-0.2, 0) is 25.2 Å². The van der Waals surface area contributed by atoms with Gasteiger partial charge < -0.3 is 14.4 Å². The number of methoxy groups -OCH3 is 2. The molecule has 0 saturated carbocycles. The number of halogens is 4. The van der Waals surface area contributed by atoms with Gasteiger partial charge in [-0.3, -0.25) is 0 Å². The van der Waals surface area contributed by atoms with Crippen LogP contribution in [0.15, 0.2) is 53.9 Å². The summed E-state index contributed by atoms with van der Waals surface area (Å²) in [4.78, 5) is 25.3. The lowest BCUT2D eigenvalue weighted by molar-refractivity contribution is -0.139. The average molecular weight is 388 g/mol. The van der Waals surface area contributed by atoms with Gasteiger partial charge in [-0.1, -0.05) is 17.7 Å². The van der Waals surface area contributed by atoms with Gasteiger partial charge in [0, 0.05) is 6.20 Å². The predicted octanol–water partition coefficient (Wildman–Crippen LogP) is 3.85. The zero-order chi connectivity index (χ0) is 19.5. The van der Waals surface area contributed by atoms with Crippen LogP contribution in [0.2, 0.25) is 5.02 Å². The van der Waals surface area contributed by atoms with Crippen LogP contribution in [0.25, 0.3) is 0 Å². The van der Waals surface area contributed by atoms with Crippen molar-refractivity contribution < 1.29 is 32.2 Å². The molecule has 0 unspecified atom stereocenters. The van der Waals surface area contributed by atoms with Crippen molar-refractivity contribution in [2.24, 2.45) is 0 Å². The molecule has 26 heavy (non-hydrogen) atoms. The molecule has 0 radical (unpaired) electrons. The molecule has 0 bridgehead atoms. The molecule has 0 N–H and O–H groups in total. The van der Waals surface area contributed by atoms with Gasteiger partial charge in [-0.05, 0) is 30.4 Å². The third kappa shape index (κ3) is 3.91. The summed E-state index contributed by atoms with van der Waals surface area (Å²) in [6.45, 7) is 0. The Balaban J connectivity index is 2.73. The summed E-state index contributed by atoms with van der Waals surface area (Å²) in [5.41, 5.74) is -1.64. The Bertz CT molecular complexity index is 828. The Morgan fingerprint density at radius 1 is 1.08 bits per heavy atom. The Hall–Kier alpha value is -2.74. The third-order valence-corrected chi connectivity index (χ3v) is 3.74. The molecule has 1 heterocycles. The van der Waals surface area contributed by atoms with Gasteiger partial charge in [0.25, 0.3) is 0 Å². The first-order valence-electron chi connectivity index (χ1n) is 7.12. The molecule has 9 heteroatoms. The van der Waals surface area contributed by atoms with E-state index in [2.05, 4.69) is 9.47 Å². The normalized spacial score (nSPS) is 14.3. The van der Waals surface area contributed by atoms with E-state index in [1.54, 1.807) is 0 Å². The first kappa shape index (κ1) is 19.6. The number of esters is 2. The largest absolute Gasteiger partial charge is 0.465 e. The molecule has 1 aromatic rings. The maximum atomic E-state index is 13.1. The fourth-order valence-electron chi connectivity index (χ4n) is 2.22. The van der Waals surface area contributed by atoms with Crippen LogP contribution in [-0.4, -0.2) is 26.2 Å². The maximum absolute atomic E-state index is 13.1. The number of rotatable bonds is 3. The van der Waals surface area contributed by atoms with Gasteiger partial charge in [0.05, 0.1) is 36.1 Å². The van der Waals surface area contributed by atoms with Gasteiger partial charge in [-0.25, -0.2) is 9.59 Å². The van der Waals surface area contributed by atoms with Crippen molar-refractivity contribution in [3.63, 3.8) is 0 Å². The number of allylic oxidation sites excluding steroid dienone is 2. The summed E-state index contributed by atoms with van der Waals surface area (Å²) in [5, 5.41) is -0.0600. The zero-order valence-electron chi connectivity index (χ0n) is 13.6. The lowest BCUT2D eigenvalue weighted by Crippen LogP contribution is -2.27. The van der Waals surface area contributed by atoms with Gasteiger partial charge in [0.15, 0.2) is 0 Å². The monoisotopic (exact) mass is 387 g/mol. The SMILES string of the molecule is COC(=O)C1=C(C(=O)OC)N(c2cc(C(F)(F)F)ccc2Cl)C=CC=C1. The summed E-state index contributed by atoms with van der Waals surface area (Å²) in [6, 6.07) is 2.64. The summed E-state index contributed by atoms with van der Waals surface area (Å²) in [5.74, 6) is -1.81. The lowest BCUT2D eigenvalue weighted by Gasteiger charge is -2.24. The molecule has 1 aromatic carbocycles. The highest BCUT2D eigenvalue weighted by atomic mass is 35.5. The molecule has 0 aromatic heterocycles. The van der Waals surface area contributed by atoms with Gasteiger partial charge in [0.1, 0.15) is 5.70 Å². The van der Waals surface area contributed by atoms with Crippen LogP contribution in [0, 0.1) is 0 Å². The van der Waals surface area contributed by atoms with Gasteiger partial charge >= 0.3 is 18.1 Å². The molecule has 0 fully saturated rings. The maximum Gasteiger partial charge on any atom is 0.416 e. The van der Waals surface area contributed by atoms with E-state index >= 15 is 0 Å². The fraction of sp³-hybridized carbons (Fsp3) is 0.176. The van der Waals surface area contributed by atoms with E-state index in [0.717, 1.165) is 37.3 Å². The van der Waals surface area contributed by atoms with Crippen LogP contribution >= 0.6 is 11.6 Å². The van der Waals surface area contributed by atoms with E-state index < -0.39 is 23.7 Å². The van der Waals surface area contributed by atoms with E-state index in [1.165, 1.54) is 24.4 Å². The molecule has 5 nitrogen and oxygen atoms in total. The smallest absolute Gasteiger partial charge is 0.416 e. The number of benzene rings is 1. The van der Waals surface area contributed by atoms with Crippen LogP contribution in [0.1, 0.15) is 5.56 Å². The standard InChI is InChI=1S/C17H13ClF3NO4/c1-25-15(23)11-5-3-4-8-22(14(11)16(24)26-2)13-9-10(17(19,20)21)6-7-12(13)18/h3-9H,1-2H3. The lowest BCUT2D eigenvalue weighted by atomic mass is 10.1. The average Bonchev–Trinajstić information content (AvgIpc) is 2.82. The molecule has 0 saturated heterocycles. The van der Waals surface area contributed by atoms with Gasteiger partial charge in [-0.2, -0.15) is 13.2 Å². The Morgan fingerprint density at radius 2 is 1.73 bits per heavy atom. The summed E-state index contributed by atoms with van der Waals surface area (Å²) in [7, 11) is 2.19. The number of ether oxygens (including phenoxy) is 2. The van der Waals surface area contributed by atoms with Crippen LogP contribution < -0.4 is 4.90 Å². The first-order chi connectivity index (χ1) is 12.2. The number of anilines is 1. The van der Waals surface area contributed by atoms with E-state index in [4.69, 9.17) is 11.6 Å². The minimum absolute atomic E-state index is 0.0600. The Morgan fingerprint density at radius 3 is 2.31 bits per heavy atom. The molecule has 0 amide bonds. The summed E-state index contributed by atoms with van der Waals surface area (Å²) < 4.78 is 48.5. The third-order valence-electron chi connectivity index (χ3n) is 3.42. The predicted molar refractivity (Wildman–Crippen MR) is 88.3 cm³/mol. The zero-order valence-corrected chi connectivity index (χ0v) is 14.4. The number of carbonyl (C=O) groups is 2. The number of carbonyl (C=O) groups excluding carboxylic acids is 2. The van der Waals surface area contributed by atoms with E-state index in [-0.39, 0.29) is 22.0 Å². The second-order valence-corrected chi connectivity index (χ2v) is 5.39. The topological polar surface area (TPSA) is 55.8 Å². The molecular formula is C17H13ClF3NO4. The molecule has 0 aliphatic carbocycles. The van der Waals surface area contributed by atoms with Crippen LogP contribution in [0.3, 0.4) is 0 Å². The van der Waals surface area contributed by atoms with Crippen LogP contribution in [0.5, 0.6) is 0 Å². The van der Waals surface area contributed by atoms with Crippen LogP contribution in [0.4, 0.5) is 18.9 Å². The quantitative estimate of drug-likeness (QED) is 0.737. The van der Waals surface area contributed by atoms with Crippen molar-refractivity contribution >= 4 is 29.2 Å². The van der Waals surface area contributed by atoms with Crippen molar-refractivity contribution in [3.05, 3.63) is 64.5 Å². The molecule has 1 aliphatic heterocycles. The second-order valence-electron chi connectivity index (χ2n) is 4.98. The second kappa shape index (κ2) is 7.65. The Kier molecular flexibility index (Phi) is 5.76. The number of nitrogens with zero attached hydrogens (tertiary/aromatic N) is 1. The minimum Gasteiger partial charge on any atom is -0.465 e. The number of alkyl halides is 3. The van der Waals surface area contributed by atoms with Crippen molar-refractivity contribution in [1.82, 2.24) is 0 Å². The molecule has 138 valence electrons. The van der Waals surface area contributed by atoms with Gasteiger partial charge in [-0.15, -0.1) is 0 Å². The van der Waals surface area contributed by atoms with E-state index in [1.807, 2.05) is 0 Å². The first-order valence-corrected chi connectivity index (χ1v) is 7.50. The molecule has 1 aliphatic rings. The minimum atomic E-state index is -4.62. The summed E-state index contributed by atoms with van der Waals surface area (Å²) in [6.07, 6.45) is 0.815. The van der Waals surface area contributed by atoms with Crippen molar-refractivity contribution in [2.75, 3.05) is 19.1 Å². The highest BCUT2D eigenvalue weighted by Crippen LogP contribution is 2.37. The van der Waals surface area contributed by atoms with Crippen molar-refractivity contribution in [1.29, 1.82) is 0 Å².